The summed E-state index contributed by atoms with van der Waals surface area (Å²) in [5.74, 6) is 0.133. The van der Waals surface area contributed by atoms with Crippen LogP contribution in [-0.2, 0) is 4.79 Å². The maximum absolute atomic E-state index is 11.6. The van der Waals surface area contributed by atoms with Crippen LogP contribution in [0.1, 0.15) is 46.0 Å². The lowest BCUT2D eigenvalue weighted by Gasteiger charge is -2.21. The number of rotatable bonds is 4. The molecule has 1 unspecified atom stereocenters. The van der Waals surface area contributed by atoms with E-state index >= 15 is 0 Å². The third kappa shape index (κ3) is 5.57. The largest absolute Gasteiger partial charge is 0.353 e. The Morgan fingerprint density at radius 3 is 2.80 bits per heavy atom. The smallest absolute Gasteiger partial charge is 0.220 e. The molecule has 0 bridgehead atoms. The Morgan fingerprint density at radius 1 is 1.53 bits per heavy atom. The van der Waals surface area contributed by atoms with Gasteiger partial charge in [0.1, 0.15) is 0 Å². The fourth-order valence-corrected chi connectivity index (χ4v) is 1.66. The minimum absolute atomic E-state index is 0.133. The van der Waals surface area contributed by atoms with Crippen LogP contribution < -0.4 is 11.1 Å². The van der Waals surface area contributed by atoms with Gasteiger partial charge in [0.15, 0.2) is 0 Å². The van der Waals surface area contributed by atoms with E-state index in [1.165, 1.54) is 0 Å². The molecule has 0 heterocycles. The van der Waals surface area contributed by atoms with E-state index in [0.717, 1.165) is 25.7 Å². The Balaban J connectivity index is 2.21. The number of hydrogen-bond donors (Lipinski definition) is 2. The zero-order valence-electron chi connectivity index (χ0n) is 9.75. The maximum Gasteiger partial charge on any atom is 0.220 e. The van der Waals surface area contributed by atoms with Crippen LogP contribution in [0.5, 0.6) is 0 Å². The molecule has 1 aliphatic rings. The molecule has 1 rings (SSSR count). The first-order valence-electron chi connectivity index (χ1n) is 5.70. The van der Waals surface area contributed by atoms with Crippen LogP contribution in [0.2, 0.25) is 0 Å². The van der Waals surface area contributed by atoms with Gasteiger partial charge in [-0.25, -0.2) is 0 Å². The van der Waals surface area contributed by atoms with Gasteiger partial charge in [-0.05, 0) is 39.5 Å². The zero-order chi connectivity index (χ0) is 11.3. The number of allylic oxidation sites excluding steroid dienone is 1. The molecule has 3 N–H and O–H groups in total. The number of carbonyl (C=O) groups excluding carboxylic acids is 1. The van der Waals surface area contributed by atoms with Crippen molar-refractivity contribution in [3.05, 3.63) is 12.2 Å². The van der Waals surface area contributed by atoms with Gasteiger partial charge in [-0.3, -0.25) is 4.79 Å². The lowest BCUT2D eigenvalue weighted by Crippen LogP contribution is -2.38. The quantitative estimate of drug-likeness (QED) is 0.694. The van der Waals surface area contributed by atoms with Crippen LogP contribution in [0.25, 0.3) is 0 Å². The van der Waals surface area contributed by atoms with Gasteiger partial charge in [0, 0.05) is 18.0 Å². The van der Waals surface area contributed by atoms with E-state index in [0.29, 0.717) is 12.5 Å². The minimum Gasteiger partial charge on any atom is -0.353 e. The minimum atomic E-state index is -0.246. The van der Waals surface area contributed by atoms with Gasteiger partial charge >= 0.3 is 0 Å². The maximum atomic E-state index is 11.6. The molecule has 1 aliphatic carbocycles. The predicted molar refractivity (Wildman–Crippen MR) is 62.4 cm³/mol. The molecule has 86 valence electrons. The molecule has 3 heteroatoms. The van der Waals surface area contributed by atoms with E-state index in [-0.39, 0.29) is 11.4 Å². The van der Waals surface area contributed by atoms with E-state index in [1.807, 2.05) is 13.8 Å². The van der Waals surface area contributed by atoms with Crippen molar-refractivity contribution in [1.82, 2.24) is 5.32 Å². The molecule has 0 aromatic rings. The Morgan fingerprint density at radius 2 is 2.27 bits per heavy atom. The molecule has 0 spiro atoms. The molecule has 0 aromatic heterocycles. The number of amides is 1. The van der Waals surface area contributed by atoms with Gasteiger partial charge in [-0.15, -0.1) is 0 Å². The van der Waals surface area contributed by atoms with Crippen LogP contribution in [0, 0.1) is 0 Å². The SMILES string of the molecule is CC(C)(N)CCC(=O)NC1CC=CCC1. The fraction of sp³-hybridized carbons (Fsp3) is 0.750. The van der Waals surface area contributed by atoms with Crippen molar-refractivity contribution in [3.8, 4) is 0 Å². The fourth-order valence-electron chi connectivity index (χ4n) is 1.66. The molecular weight excluding hydrogens is 188 g/mol. The van der Waals surface area contributed by atoms with Crippen LogP contribution in [0.4, 0.5) is 0 Å². The molecular formula is C12H22N2O. The van der Waals surface area contributed by atoms with E-state index in [9.17, 15) is 4.79 Å². The lowest BCUT2D eigenvalue weighted by atomic mass is 9.98. The van der Waals surface area contributed by atoms with Crippen LogP contribution in [0.3, 0.4) is 0 Å². The predicted octanol–water partition coefficient (Wildman–Crippen LogP) is 1.73. The Labute approximate surface area is 92.1 Å². The van der Waals surface area contributed by atoms with Gasteiger partial charge < -0.3 is 11.1 Å². The van der Waals surface area contributed by atoms with Crippen molar-refractivity contribution in [2.75, 3.05) is 0 Å². The Bertz CT molecular complexity index is 240. The second-order valence-corrected chi connectivity index (χ2v) is 5.04. The highest BCUT2D eigenvalue weighted by molar-refractivity contribution is 5.76. The van der Waals surface area contributed by atoms with Crippen molar-refractivity contribution >= 4 is 5.91 Å². The summed E-state index contributed by atoms with van der Waals surface area (Å²) in [5, 5.41) is 3.05. The van der Waals surface area contributed by atoms with E-state index in [4.69, 9.17) is 5.73 Å². The van der Waals surface area contributed by atoms with Crippen LogP contribution in [-0.4, -0.2) is 17.5 Å². The van der Waals surface area contributed by atoms with E-state index in [2.05, 4.69) is 17.5 Å². The molecule has 3 nitrogen and oxygen atoms in total. The average molecular weight is 210 g/mol. The molecule has 0 aliphatic heterocycles. The number of carbonyl (C=O) groups is 1. The normalized spacial score (nSPS) is 21.4. The summed E-state index contributed by atoms with van der Waals surface area (Å²) >= 11 is 0. The number of nitrogens with two attached hydrogens (primary N) is 1. The molecule has 1 atom stereocenters. The van der Waals surface area contributed by atoms with Crippen molar-refractivity contribution in [2.24, 2.45) is 5.73 Å². The summed E-state index contributed by atoms with van der Waals surface area (Å²) in [4.78, 5) is 11.6. The van der Waals surface area contributed by atoms with Crippen molar-refractivity contribution in [2.45, 2.75) is 57.5 Å². The first-order chi connectivity index (χ1) is 6.97. The highest BCUT2D eigenvalue weighted by Gasteiger charge is 2.16. The molecule has 0 saturated carbocycles. The first kappa shape index (κ1) is 12.2. The summed E-state index contributed by atoms with van der Waals surface area (Å²) < 4.78 is 0. The summed E-state index contributed by atoms with van der Waals surface area (Å²) in [6.07, 6.45) is 8.69. The molecule has 0 radical (unpaired) electrons. The molecule has 15 heavy (non-hydrogen) atoms. The average Bonchev–Trinajstić information content (AvgIpc) is 2.15. The van der Waals surface area contributed by atoms with Crippen molar-refractivity contribution in [1.29, 1.82) is 0 Å². The van der Waals surface area contributed by atoms with Gasteiger partial charge in [-0.1, -0.05) is 12.2 Å². The topological polar surface area (TPSA) is 55.1 Å². The second-order valence-electron chi connectivity index (χ2n) is 5.04. The highest BCUT2D eigenvalue weighted by atomic mass is 16.1. The Hall–Kier alpha value is -0.830. The van der Waals surface area contributed by atoms with Crippen molar-refractivity contribution in [3.63, 3.8) is 0 Å². The summed E-state index contributed by atoms with van der Waals surface area (Å²) in [6.45, 7) is 3.90. The monoisotopic (exact) mass is 210 g/mol. The van der Waals surface area contributed by atoms with Gasteiger partial charge in [0.2, 0.25) is 5.91 Å². The number of nitrogens with one attached hydrogen (secondary N) is 1. The van der Waals surface area contributed by atoms with Crippen LogP contribution in [0.15, 0.2) is 12.2 Å². The van der Waals surface area contributed by atoms with Gasteiger partial charge in [0.25, 0.3) is 0 Å². The first-order valence-corrected chi connectivity index (χ1v) is 5.70. The molecule has 0 aromatic carbocycles. The summed E-state index contributed by atoms with van der Waals surface area (Å²) in [6, 6.07) is 0.336. The lowest BCUT2D eigenvalue weighted by molar-refractivity contribution is -0.122. The third-order valence-electron chi connectivity index (χ3n) is 2.63. The summed E-state index contributed by atoms with van der Waals surface area (Å²) in [5.41, 5.74) is 5.58. The van der Waals surface area contributed by atoms with E-state index < -0.39 is 0 Å². The van der Waals surface area contributed by atoms with Gasteiger partial charge in [0.05, 0.1) is 0 Å². The molecule has 0 fully saturated rings. The molecule has 1 amide bonds. The second kappa shape index (κ2) is 5.31. The zero-order valence-corrected chi connectivity index (χ0v) is 9.75. The Kier molecular flexibility index (Phi) is 4.33. The molecule has 0 saturated heterocycles. The third-order valence-corrected chi connectivity index (χ3v) is 2.63. The van der Waals surface area contributed by atoms with E-state index in [1.54, 1.807) is 0 Å². The van der Waals surface area contributed by atoms with Crippen molar-refractivity contribution < 1.29 is 4.79 Å². The van der Waals surface area contributed by atoms with Crippen LogP contribution >= 0.6 is 0 Å². The number of hydrogen-bond acceptors (Lipinski definition) is 2. The standard InChI is InChI=1S/C12H22N2O/c1-12(2,13)9-8-11(15)14-10-6-4-3-5-7-10/h3-4,10H,5-9,13H2,1-2H3,(H,14,15). The highest BCUT2D eigenvalue weighted by Crippen LogP contribution is 2.12. The summed E-state index contributed by atoms with van der Waals surface area (Å²) in [7, 11) is 0. The van der Waals surface area contributed by atoms with Gasteiger partial charge in [-0.2, -0.15) is 0 Å².